The maximum absolute atomic E-state index is 14.6. The van der Waals surface area contributed by atoms with Gasteiger partial charge in [0.1, 0.15) is 0 Å². The number of aromatic nitrogens is 2. The molecular weight excluding hydrogens is 563 g/mol. The molecule has 8 rings (SSSR count). The summed E-state index contributed by atoms with van der Waals surface area (Å²) >= 11 is 13.5. The van der Waals surface area contributed by atoms with E-state index in [1.54, 1.807) is 0 Å². The first-order chi connectivity index (χ1) is 20.4. The topological polar surface area (TPSA) is 72.7 Å². The number of aryl methyl sites for hydroxylation is 2. The summed E-state index contributed by atoms with van der Waals surface area (Å²) in [5.41, 5.74) is 12.3. The minimum Gasteiger partial charge on any atom is -0.354 e. The van der Waals surface area contributed by atoms with Gasteiger partial charge in [0.05, 0.1) is 12.1 Å². The molecule has 2 aliphatic rings. The van der Waals surface area contributed by atoms with Crippen LogP contribution in [0.15, 0.2) is 72.8 Å². The molecule has 208 valence electrons. The molecular formula is C35H28Cl2N4O. The van der Waals surface area contributed by atoms with Crippen LogP contribution < -0.4 is 10.6 Å². The lowest BCUT2D eigenvalue weighted by Gasteiger charge is -2.22. The summed E-state index contributed by atoms with van der Waals surface area (Å²) in [7, 11) is 0. The molecule has 2 unspecified atom stereocenters. The van der Waals surface area contributed by atoms with Crippen LogP contribution >= 0.6 is 23.2 Å². The number of Topliss-reactive ketones (excluding diaryl/α,β-unsaturated/α-hetero) is 1. The average molecular weight is 592 g/mol. The van der Waals surface area contributed by atoms with Crippen molar-refractivity contribution >= 4 is 50.8 Å². The molecule has 0 saturated heterocycles. The van der Waals surface area contributed by atoms with Crippen LogP contribution in [0.25, 0.3) is 44.3 Å². The Hall–Kier alpha value is -3.87. The lowest BCUT2D eigenvalue weighted by molar-refractivity contribution is -0.123. The third-order valence-electron chi connectivity index (χ3n) is 9.18. The first kappa shape index (κ1) is 25.8. The molecule has 0 aliphatic carbocycles. The number of rotatable bonds is 4. The Kier molecular flexibility index (Phi) is 5.89. The number of hydrogen-bond donors (Lipinski definition) is 4. The van der Waals surface area contributed by atoms with E-state index in [1.807, 2.05) is 48.5 Å². The molecule has 0 amide bonds. The van der Waals surface area contributed by atoms with Crippen molar-refractivity contribution in [3.8, 4) is 22.5 Å². The van der Waals surface area contributed by atoms with E-state index in [-0.39, 0.29) is 5.78 Å². The maximum atomic E-state index is 14.6. The van der Waals surface area contributed by atoms with Gasteiger partial charge in [-0.05, 0) is 71.5 Å². The minimum absolute atomic E-state index is 0.0575. The van der Waals surface area contributed by atoms with Gasteiger partial charge in [-0.25, -0.2) is 0 Å². The largest absolute Gasteiger partial charge is 0.354 e. The Labute approximate surface area is 253 Å². The molecule has 0 fully saturated rings. The molecule has 7 heteroatoms. The predicted molar refractivity (Wildman–Crippen MR) is 171 cm³/mol. The molecule has 2 atom stereocenters. The predicted octanol–water partition coefficient (Wildman–Crippen LogP) is 8.46. The van der Waals surface area contributed by atoms with Crippen molar-refractivity contribution in [2.24, 2.45) is 0 Å². The Bertz CT molecular complexity index is 1940. The van der Waals surface area contributed by atoms with Gasteiger partial charge in [0.25, 0.3) is 0 Å². The van der Waals surface area contributed by atoms with Crippen molar-refractivity contribution in [1.29, 1.82) is 0 Å². The number of carbonyl (C=O) groups is 1. The minimum atomic E-state index is -0.529. The van der Waals surface area contributed by atoms with Gasteiger partial charge in [-0.3, -0.25) is 15.4 Å². The molecule has 42 heavy (non-hydrogen) atoms. The molecule has 4 N–H and O–H groups in total. The highest BCUT2D eigenvalue weighted by Crippen LogP contribution is 2.46. The summed E-state index contributed by atoms with van der Waals surface area (Å²) in [6, 6.07) is 23.5. The fourth-order valence-electron chi connectivity index (χ4n) is 7.10. The molecule has 5 nitrogen and oxygen atoms in total. The van der Waals surface area contributed by atoms with Gasteiger partial charge in [-0.1, -0.05) is 71.7 Å². The number of para-hydroxylation sites is 2. The Morgan fingerprint density at radius 2 is 1.07 bits per heavy atom. The number of nitrogens with one attached hydrogen (secondary N) is 4. The number of ketones is 1. The zero-order valence-corrected chi connectivity index (χ0v) is 24.7. The number of fused-ring (bicyclic) bond motifs is 4. The first-order valence-corrected chi connectivity index (χ1v) is 15.0. The van der Waals surface area contributed by atoms with Crippen molar-refractivity contribution in [3.63, 3.8) is 0 Å². The second-order valence-corrected chi connectivity index (χ2v) is 12.2. The van der Waals surface area contributed by atoms with Gasteiger partial charge in [0, 0.05) is 67.5 Å². The number of hydrogen-bond acceptors (Lipinski definition) is 3. The van der Waals surface area contributed by atoms with Gasteiger partial charge < -0.3 is 9.97 Å². The molecule has 2 aromatic heterocycles. The average Bonchev–Trinajstić information content (AvgIpc) is 3.79. The van der Waals surface area contributed by atoms with E-state index in [4.69, 9.17) is 23.2 Å². The number of halogens is 2. The van der Waals surface area contributed by atoms with E-state index in [1.165, 1.54) is 10.8 Å². The Morgan fingerprint density at radius 3 is 1.50 bits per heavy atom. The van der Waals surface area contributed by atoms with Crippen molar-refractivity contribution < 1.29 is 4.79 Å². The van der Waals surface area contributed by atoms with Gasteiger partial charge >= 0.3 is 0 Å². The summed E-state index contributed by atoms with van der Waals surface area (Å²) in [6.07, 6.45) is 0. The van der Waals surface area contributed by atoms with E-state index in [2.05, 4.69) is 58.7 Å². The quantitative estimate of drug-likeness (QED) is 0.166. The van der Waals surface area contributed by atoms with Crippen molar-refractivity contribution in [3.05, 3.63) is 116 Å². The Morgan fingerprint density at radius 1 is 0.643 bits per heavy atom. The van der Waals surface area contributed by atoms with Crippen molar-refractivity contribution in [2.45, 2.75) is 39.0 Å². The Balaban J connectivity index is 1.26. The molecule has 0 saturated carbocycles. The van der Waals surface area contributed by atoms with Gasteiger partial charge in [-0.15, -0.1) is 0 Å². The standard InChI is InChI=1S/C35H28Cl2N4O/c1-17-19-7-3-5-9-27(19)40-31(17)21-11-13-25(36)23-15-38-33(29(21)23)35(42)34-30-22(12-14-26(37)24(30)16-39-34)32-18(2)20-8-4-6-10-28(20)41-32/h3-14,33-34,38-41H,15-16H2,1-2H3. The van der Waals surface area contributed by atoms with E-state index >= 15 is 0 Å². The van der Waals surface area contributed by atoms with Gasteiger partial charge in [-0.2, -0.15) is 0 Å². The van der Waals surface area contributed by atoms with Crippen molar-refractivity contribution in [2.75, 3.05) is 0 Å². The number of benzene rings is 4. The zero-order chi connectivity index (χ0) is 28.7. The SMILES string of the molecule is Cc1c(-c2ccc(Cl)c3c2C(C(=O)C2NCc4c(Cl)ccc(-c5[nH]c6ccccc6c5C)c42)NC3)[nH]c2ccccc12. The highest BCUT2D eigenvalue weighted by molar-refractivity contribution is 6.32. The highest BCUT2D eigenvalue weighted by atomic mass is 35.5. The lowest BCUT2D eigenvalue weighted by Crippen LogP contribution is -2.32. The molecule has 4 aromatic carbocycles. The van der Waals surface area contributed by atoms with Crippen LogP contribution in [0, 0.1) is 13.8 Å². The van der Waals surface area contributed by atoms with Crippen molar-refractivity contribution in [1.82, 2.24) is 20.6 Å². The van der Waals surface area contributed by atoms with Crippen LogP contribution in [-0.2, 0) is 17.9 Å². The summed E-state index contributed by atoms with van der Waals surface area (Å²) in [4.78, 5) is 21.9. The van der Waals surface area contributed by atoms with Crippen LogP contribution in [0.1, 0.15) is 45.5 Å². The fraction of sp³-hybridized carbons (Fsp3) is 0.171. The van der Waals surface area contributed by atoms with Gasteiger partial charge in [0.2, 0.25) is 0 Å². The second kappa shape index (κ2) is 9.58. The van der Waals surface area contributed by atoms with E-state index in [0.717, 1.165) is 66.9 Å². The fourth-order valence-corrected chi connectivity index (χ4v) is 7.56. The molecule has 0 radical (unpaired) electrons. The monoisotopic (exact) mass is 590 g/mol. The van der Waals surface area contributed by atoms with E-state index in [0.29, 0.717) is 23.1 Å². The first-order valence-electron chi connectivity index (χ1n) is 14.2. The van der Waals surface area contributed by atoms with E-state index < -0.39 is 12.1 Å². The highest BCUT2D eigenvalue weighted by Gasteiger charge is 2.41. The molecule has 6 aromatic rings. The molecule has 2 aliphatic heterocycles. The van der Waals surface area contributed by atoms with Crippen LogP contribution in [0.2, 0.25) is 10.0 Å². The van der Waals surface area contributed by atoms with E-state index in [9.17, 15) is 4.79 Å². The smallest absolute Gasteiger partial charge is 0.175 e. The van der Waals surface area contributed by atoms with Crippen LogP contribution in [0.4, 0.5) is 0 Å². The van der Waals surface area contributed by atoms with Crippen LogP contribution in [0.5, 0.6) is 0 Å². The molecule has 0 bridgehead atoms. The molecule has 0 spiro atoms. The number of carbonyl (C=O) groups excluding carboxylic acids is 1. The zero-order valence-electron chi connectivity index (χ0n) is 23.2. The number of H-pyrrole nitrogens is 2. The summed E-state index contributed by atoms with van der Waals surface area (Å²) in [6.45, 7) is 5.31. The molecule has 4 heterocycles. The normalized spacial score (nSPS) is 17.7. The second-order valence-electron chi connectivity index (χ2n) is 11.3. The number of aromatic amines is 2. The summed E-state index contributed by atoms with van der Waals surface area (Å²) in [5, 5.41) is 10.7. The lowest BCUT2D eigenvalue weighted by atomic mass is 9.87. The maximum Gasteiger partial charge on any atom is 0.175 e. The summed E-state index contributed by atoms with van der Waals surface area (Å²) < 4.78 is 0. The third-order valence-corrected chi connectivity index (χ3v) is 9.89. The summed E-state index contributed by atoms with van der Waals surface area (Å²) in [5.74, 6) is 0.0575. The van der Waals surface area contributed by atoms with Gasteiger partial charge in [0.15, 0.2) is 5.78 Å². The third kappa shape index (κ3) is 3.68. The van der Waals surface area contributed by atoms with Crippen LogP contribution in [-0.4, -0.2) is 15.8 Å². The van der Waals surface area contributed by atoms with Crippen LogP contribution in [0.3, 0.4) is 0 Å².